The van der Waals surface area contributed by atoms with Crippen LogP contribution in [-0.4, -0.2) is 0 Å². The molecular weight excluding hydrogens is 239 g/mol. The SMILES string of the molecule is CCC(C)C(C)(N)c1ccc(C(F)(F)F)cc1C. The molecule has 0 aliphatic rings. The van der Waals surface area contributed by atoms with Crippen LogP contribution in [0.2, 0.25) is 0 Å². The summed E-state index contributed by atoms with van der Waals surface area (Å²) < 4.78 is 37.8. The van der Waals surface area contributed by atoms with Crippen LogP contribution in [0.25, 0.3) is 0 Å². The van der Waals surface area contributed by atoms with Gasteiger partial charge in [-0.2, -0.15) is 13.2 Å². The van der Waals surface area contributed by atoms with E-state index in [1.54, 1.807) is 6.92 Å². The van der Waals surface area contributed by atoms with Gasteiger partial charge in [-0.1, -0.05) is 26.3 Å². The molecule has 0 radical (unpaired) electrons. The molecule has 1 nitrogen and oxygen atoms in total. The third kappa shape index (κ3) is 2.86. The van der Waals surface area contributed by atoms with E-state index in [4.69, 9.17) is 5.73 Å². The molecular formula is C14H20F3N. The van der Waals surface area contributed by atoms with Crippen molar-refractivity contribution < 1.29 is 13.2 Å². The van der Waals surface area contributed by atoms with Crippen molar-refractivity contribution in [2.75, 3.05) is 0 Å². The molecule has 18 heavy (non-hydrogen) atoms. The first-order valence-electron chi connectivity index (χ1n) is 6.08. The van der Waals surface area contributed by atoms with E-state index in [1.165, 1.54) is 12.1 Å². The molecule has 2 N–H and O–H groups in total. The van der Waals surface area contributed by atoms with Crippen molar-refractivity contribution in [1.82, 2.24) is 0 Å². The molecule has 2 atom stereocenters. The predicted octanol–water partition coefficient (Wildman–Crippen LogP) is 4.23. The minimum Gasteiger partial charge on any atom is -0.321 e. The molecule has 0 fully saturated rings. The van der Waals surface area contributed by atoms with Gasteiger partial charge in [0.25, 0.3) is 0 Å². The molecule has 1 rings (SSSR count). The zero-order valence-corrected chi connectivity index (χ0v) is 11.2. The second-order valence-electron chi connectivity index (χ2n) is 5.12. The van der Waals surface area contributed by atoms with Crippen LogP contribution < -0.4 is 5.73 Å². The Labute approximate surface area is 106 Å². The van der Waals surface area contributed by atoms with E-state index in [2.05, 4.69) is 0 Å². The Kier molecular flexibility index (Phi) is 4.11. The maximum absolute atomic E-state index is 12.6. The molecule has 2 unspecified atom stereocenters. The molecule has 4 heteroatoms. The maximum atomic E-state index is 12.6. The summed E-state index contributed by atoms with van der Waals surface area (Å²) in [7, 11) is 0. The van der Waals surface area contributed by atoms with E-state index in [9.17, 15) is 13.2 Å². The van der Waals surface area contributed by atoms with Crippen molar-refractivity contribution in [3.05, 3.63) is 34.9 Å². The first-order valence-corrected chi connectivity index (χ1v) is 6.08. The molecule has 0 saturated carbocycles. The number of benzene rings is 1. The third-order valence-electron chi connectivity index (χ3n) is 3.77. The molecule has 1 aromatic rings. The average Bonchev–Trinajstić information content (AvgIpc) is 2.26. The quantitative estimate of drug-likeness (QED) is 0.863. The number of nitrogens with two attached hydrogens (primary N) is 1. The highest BCUT2D eigenvalue weighted by atomic mass is 19.4. The van der Waals surface area contributed by atoms with Crippen LogP contribution in [0.15, 0.2) is 18.2 Å². The lowest BCUT2D eigenvalue weighted by molar-refractivity contribution is -0.137. The van der Waals surface area contributed by atoms with Gasteiger partial charge in [0.1, 0.15) is 0 Å². The van der Waals surface area contributed by atoms with Gasteiger partial charge < -0.3 is 5.73 Å². The van der Waals surface area contributed by atoms with Gasteiger partial charge in [-0.05, 0) is 43.0 Å². The Morgan fingerprint density at radius 3 is 2.22 bits per heavy atom. The van der Waals surface area contributed by atoms with Crippen molar-refractivity contribution in [3.63, 3.8) is 0 Å². The van der Waals surface area contributed by atoms with E-state index < -0.39 is 17.3 Å². The fourth-order valence-corrected chi connectivity index (χ4v) is 2.13. The van der Waals surface area contributed by atoms with Crippen LogP contribution in [0, 0.1) is 12.8 Å². The molecule has 0 spiro atoms. The van der Waals surface area contributed by atoms with Crippen molar-refractivity contribution in [2.45, 2.75) is 45.8 Å². The van der Waals surface area contributed by atoms with E-state index in [0.717, 1.165) is 18.1 Å². The molecule has 0 bridgehead atoms. The monoisotopic (exact) mass is 259 g/mol. The molecule has 0 aliphatic heterocycles. The van der Waals surface area contributed by atoms with Gasteiger partial charge in [-0.25, -0.2) is 0 Å². The summed E-state index contributed by atoms with van der Waals surface area (Å²) in [5.74, 6) is 0.202. The lowest BCUT2D eigenvalue weighted by atomic mass is 9.78. The summed E-state index contributed by atoms with van der Waals surface area (Å²) in [6, 6.07) is 3.78. The van der Waals surface area contributed by atoms with Crippen LogP contribution in [-0.2, 0) is 11.7 Å². The summed E-state index contributed by atoms with van der Waals surface area (Å²) in [4.78, 5) is 0. The largest absolute Gasteiger partial charge is 0.416 e. The molecule has 0 saturated heterocycles. The predicted molar refractivity (Wildman–Crippen MR) is 67.2 cm³/mol. The molecule has 102 valence electrons. The van der Waals surface area contributed by atoms with Crippen LogP contribution >= 0.6 is 0 Å². The van der Waals surface area contributed by atoms with Gasteiger partial charge >= 0.3 is 6.18 Å². The fraction of sp³-hybridized carbons (Fsp3) is 0.571. The van der Waals surface area contributed by atoms with Crippen LogP contribution in [0.1, 0.15) is 43.9 Å². The highest BCUT2D eigenvalue weighted by molar-refractivity contribution is 5.37. The van der Waals surface area contributed by atoms with E-state index in [-0.39, 0.29) is 5.92 Å². The molecule has 0 aromatic heterocycles. The number of rotatable bonds is 3. The summed E-state index contributed by atoms with van der Waals surface area (Å²) in [6.07, 6.45) is -3.42. The third-order valence-corrected chi connectivity index (χ3v) is 3.77. The van der Waals surface area contributed by atoms with E-state index >= 15 is 0 Å². The standard InChI is InChI=1S/C14H20F3N/c1-5-10(3)13(4,18)12-7-6-11(8-9(12)2)14(15,16)17/h6-8,10H,5,18H2,1-4H3. The van der Waals surface area contributed by atoms with Gasteiger partial charge in [0.05, 0.1) is 5.56 Å². The average molecular weight is 259 g/mol. The van der Waals surface area contributed by atoms with Gasteiger partial charge in [0.2, 0.25) is 0 Å². The number of aryl methyl sites for hydroxylation is 1. The lowest BCUT2D eigenvalue weighted by Gasteiger charge is -2.33. The first-order chi connectivity index (χ1) is 8.10. The molecule has 0 aliphatic carbocycles. The summed E-state index contributed by atoms with van der Waals surface area (Å²) >= 11 is 0. The van der Waals surface area contributed by atoms with Crippen molar-refractivity contribution in [3.8, 4) is 0 Å². The Morgan fingerprint density at radius 2 is 1.83 bits per heavy atom. The highest BCUT2D eigenvalue weighted by Crippen LogP contribution is 2.35. The first kappa shape index (κ1) is 15.0. The zero-order valence-electron chi connectivity index (χ0n) is 11.2. The van der Waals surface area contributed by atoms with E-state index in [1.807, 2.05) is 20.8 Å². The minimum atomic E-state index is -4.30. The Balaban J connectivity index is 3.22. The summed E-state index contributed by atoms with van der Waals surface area (Å²) in [5, 5.41) is 0. The van der Waals surface area contributed by atoms with Crippen LogP contribution in [0.5, 0.6) is 0 Å². The van der Waals surface area contributed by atoms with Gasteiger partial charge in [-0.15, -0.1) is 0 Å². The number of hydrogen-bond donors (Lipinski definition) is 1. The van der Waals surface area contributed by atoms with E-state index in [0.29, 0.717) is 5.56 Å². The lowest BCUT2D eigenvalue weighted by Crippen LogP contribution is -2.40. The second kappa shape index (κ2) is 4.92. The maximum Gasteiger partial charge on any atom is 0.416 e. The Hall–Kier alpha value is -1.03. The Bertz CT molecular complexity index is 422. The number of halogens is 3. The van der Waals surface area contributed by atoms with Crippen molar-refractivity contribution in [1.29, 1.82) is 0 Å². The highest BCUT2D eigenvalue weighted by Gasteiger charge is 2.33. The normalized spacial score (nSPS) is 17.3. The van der Waals surface area contributed by atoms with Crippen molar-refractivity contribution in [2.24, 2.45) is 11.7 Å². The summed E-state index contributed by atoms with van der Waals surface area (Å²) in [6.45, 7) is 7.58. The topological polar surface area (TPSA) is 26.0 Å². The smallest absolute Gasteiger partial charge is 0.321 e. The van der Waals surface area contributed by atoms with Crippen LogP contribution in [0.3, 0.4) is 0 Å². The zero-order chi connectivity index (χ0) is 14.1. The molecule has 1 aromatic carbocycles. The van der Waals surface area contributed by atoms with Gasteiger partial charge in [-0.3, -0.25) is 0 Å². The van der Waals surface area contributed by atoms with Gasteiger partial charge in [0, 0.05) is 5.54 Å². The van der Waals surface area contributed by atoms with Gasteiger partial charge in [0.15, 0.2) is 0 Å². The number of hydrogen-bond acceptors (Lipinski definition) is 1. The van der Waals surface area contributed by atoms with Crippen LogP contribution in [0.4, 0.5) is 13.2 Å². The molecule has 0 heterocycles. The molecule has 0 amide bonds. The number of alkyl halides is 3. The van der Waals surface area contributed by atoms with Crippen molar-refractivity contribution >= 4 is 0 Å². The fourth-order valence-electron chi connectivity index (χ4n) is 2.13. The summed E-state index contributed by atoms with van der Waals surface area (Å²) in [5.41, 5.74) is 6.42. The minimum absolute atomic E-state index is 0.202. The Morgan fingerprint density at radius 1 is 1.28 bits per heavy atom. The second-order valence-corrected chi connectivity index (χ2v) is 5.12.